The van der Waals surface area contributed by atoms with Crippen LogP contribution in [0.5, 0.6) is 0 Å². The minimum absolute atomic E-state index is 0.00629. The highest BCUT2D eigenvalue weighted by molar-refractivity contribution is 6.39. The topological polar surface area (TPSA) is 205 Å². The number of carbonyl (C=O) groups excluding carboxylic acids is 5. The number of methoxy groups -OCH3 is 3. The molecule has 68 heavy (non-hydrogen) atoms. The number of amides is 1. The molecule has 0 aromatic carbocycles. The average Bonchev–Trinajstić information content (AvgIpc) is 3.32. The summed E-state index contributed by atoms with van der Waals surface area (Å²) in [7, 11) is 4.53. The molecule has 15 heteroatoms. The number of hydrogen-bond donors (Lipinski definition) is 3. The van der Waals surface area contributed by atoms with Crippen LogP contribution in [0.3, 0.4) is 0 Å². The van der Waals surface area contributed by atoms with Crippen molar-refractivity contribution < 1.29 is 67.7 Å². The summed E-state index contributed by atoms with van der Waals surface area (Å²) in [6.45, 7) is 12.8. The second kappa shape index (κ2) is 27.0. The van der Waals surface area contributed by atoms with E-state index in [1.807, 2.05) is 58.1 Å². The second-order valence-corrected chi connectivity index (χ2v) is 19.8. The highest BCUT2D eigenvalue weighted by atomic mass is 16.6. The molecule has 4 rings (SSSR count). The SMILES string of the molecule is COC1/C=C2/CC[C@@H](C)[C@@](O)(O2)C(=O)C(=O)N2CCCCC2C(=O)OC([C@@H](C)C[C@@H]2CCC(OCCO)[C@H](OC)C2)CC(=O)[C@H](C)/C=C(\C)[C@@H](O)C(OC)C(=O)[C@H](C)C[C@H](C)/C=C/C=C/C=C/1C. The van der Waals surface area contributed by atoms with Gasteiger partial charge in [0.1, 0.15) is 30.1 Å². The van der Waals surface area contributed by atoms with Gasteiger partial charge in [-0.05, 0) is 107 Å². The average molecular weight is 956 g/mol. The van der Waals surface area contributed by atoms with Crippen LogP contribution in [-0.4, -0.2) is 139 Å². The number of rotatable bonds is 9. The van der Waals surface area contributed by atoms with Gasteiger partial charge in [-0.25, -0.2) is 4.79 Å². The van der Waals surface area contributed by atoms with Gasteiger partial charge in [0.15, 0.2) is 5.78 Å². The summed E-state index contributed by atoms with van der Waals surface area (Å²) in [5, 5.41) is 32.7. The number of cyclic esters (lactones) is 1. The fraction of sp³-hybridized carbons (Fsp3) is 0.717. The lowest BCUT2D eigenvalue weighted by atomic mass is 9.78. The number of fused-ring (bicyclic) bond motifs is 3. The highest BCUT2D eigenvalue weighted by Gasteiger charge is 2.53. The van der Waals surface area contributed by atoms with Crippen molar-refractivity contribution in [2.75, 3.05) is 41.1 Å². The molecule has 1 aliphatic carbocycles. The molecule has 1 saturated carbocycles. The molecule has 3 aliphatic heterocycles. The first-order valence-electron chi connectivity index (χ1n) is 24.7. The smallest absolute Gasteiger partial charge is 0.329 e. The Kier molecular flexibility index (Phi) is 22.5. The number of ketones is 3. The van der Waals surface area contributed by atoms with Crippen LogP contribution in [0, 0.1) is 35.5 Å². The Hall–Kier alpha value is -3.83. The Morgan fingerprint density at radius 3 is 2.28 bits per heavy atom. The van der Waals surface area contributed by atoms with Crippen molar-refractivity contribution in [2.24, 2.45) is 35.5 Å². The molecule has 3 N–H and O–H groups in total. The van der Waals surface area contributed by atoms with Gasteiger partial charge in [0.25, 0.3) is 17.5 Å². The summed E-state index contributed by atoms with van der Waals surface area (Å²) in [5.74, 6) is -7.90. The van der Waals surface area contributed by atoms with Gasteiger partial charge in [-0.1, -0.05) is 71.1 Å². The molecule has 0 aromatic rings. The Bertz CT molecular complexity index is 1870. The normalized spacial score (nSPS) is 38.6. The van der Waals surface area contributed by atoms with Gasteiger partial charge in [-0.2, -0.15) is 0 Å². The van der Waals surface area contributed by atoms with E-state index in [0.29, 0.717) is 62.7 Å². The zero-order valence-electron chi connectivity index (χ0n) is 42.2. The van der Waals surface area contributed by atoms with E-state index < -0.39 is 71.7 Å². The standard InChI is InChI=1S/C53H81NO14/c1-32-16-12-11-13-17-33(2)44(63-8)30-40-21-19-38(7)53(62,68-40)50(59)51(60)54-23-15-14-18-41(54)52(61)67-45(35(4)28-39-20-22-43(66-25-24-55)46(29-39)64-9)31-42(56)34(3)27-37(6)48(58)49(65-10)47(57)36(5)26-32/h11-13,16-17,27,30,32,34-36,38-39,41,43-46,48-49,55,58,62H,14-15,18-26,28-29,31H2,1-10H3/b13-11+,16-12+,33-17+,37-27+,40-30-/t32-,34-,35+,36-,38-,39+,41?,43?,44?,45?,46-,48-,49?,53-/m1/s1. The quantitative estimate of drug-likeness (QED) is 0.132. The molecule has 4 aliphatic rings. The number of Topliss-reactive ketones (excluding diaryl/α,β-unsaturated/α-hetero) is 3. The number of ether oxygens (including phenoxy) is 6. The first-order valence-corrected chi connectivity index (χ1v) is 24.7. The van der Waals surface area contributed by atoms with Crippen molar-refractivity contribution in [1.29, 1.82) is 0 Å². The van der Waals surface area contributed by atoms with Crippen molar-refractivity contribution in [1.82, 2.24) is 4.90 Å². The zero-order chi connectivity index (χ0) is 50.3. The van der Waals surface area contributed by atoms with Gasteiger partial charge < -0.3 is 48.6 Å². The van der Waals surface area contributed by atoms with Crippen LogP contribution >= 0.6 is 0 Å². The molecule has 2 bridgehead atoms. The minimum atomic E-state index is -2.50. The maximum atomic E-state index is 14.4. The lowest BCUT2D eigenvalue weighted by Crippen LogP contribution is -2.59. The van der Waals surface area contributed by atoms with E-state index in [2.05, 4.69) is 0 Å². The van der Waals surface area contributed by atoms with E-state index in [9.17, 15) is 39.3 Å². The van der Waals surface area contributed by atoms with Crippen LogP contribution in [0.15, 0.2) is 59.4 Å². The van der Waals surface area contributed by atoms with Gasteiger partial charge >= 0.3 is 5.97 Å². The molecule has 1 amide bonds. The number of carbonyl (C=O) groups is 5. The fourth-order valence-corrected chi connectivity index (χ4v) is 10.1. The molecule has 3 heterocycles. The molecule has 2 saturated heterocycles. The minimum Gasteiger partial charge on any atom is -0.460 e. The Labute approximate surface area is 404 Å². The summed E-state index contributed by atoms with van der Waals surface area (Å²) in [5.41, 5.74) is 1.18. The van der Waals surface area contributed by atoms with Gasteiger partial charge in [-0.15, -0.1) is 0 Å². The fourth-order valence-electron chi connectivity index (χ4n) is 10.1. The van der Waals surface area contributed by atoms with Gasteiger partial charge in [0, 0.05) is 58.5 Å². The number of allylic oxidation sites excluding steroid dienone is 7. The van der Waals surface area contributed by atoms with Crippen LogP contribution in [0.4, 0.5) is 0 Å². The van der Waals surface area contributed by atoms with Crippen LogP contribution in [-0.2, 0) is 52.4 Å². The Balaban J connectivity index is 1.72. The highest BCUT2D eigenvalue weighted by Crippen LogP contribution is 2.38. The third kappa shape index (κ3) is 15.1. The first kappa shape index (κ1) is 56.8. The molecule has 3 fully saturated rings. The van der Waals surface area contributed by atoms with Crippen LogP contribution in [0.2, 0.25) is 0 Å². The maximum absolute atomic E-state index is 14.4. The Morgan fingerprint density at radius 2 is 1.60 bits per heavy atom. The molecule has 0 aromatic heterocycles. The predicted octanol–water partition coefficient (Wildman–Crippen LogP) is 6.32. The lowest BCUT2D eigenvalue weighted by Gasteiger charge is -2.41. The van der Waals surface area contributed by atoms with E-state index in [4.69, 9.17) is 28.4 Å². The number of piperidine rings is 1. The van der Waals surface area contributed by atoms with Crippen molar-refractivity contribution in [3.8, 4) is 0 Å². The summed E-state index contributed by atoms with van der Waals surface area (Å²) < 4.78 is 35.3. The van der Waals surface area contributed by atoms with E-state index in [0.717, 1.165) is 12.0 Å². The van der Waals surface area contributed by atoms with Crippen molar-refractivity contribution >= 4 is 29.2 Å². The molecule has 14 atom stereocenters. The molecule has 0 spiro atoms. The zero-order valence-corrected chi connectivity index (χ0v) is 42.2. The molecule has 5 unspecified atom stereocenters. The van der Waals surface area contributed by atoms with Crippen LogP contribution in [0.25, 0.3) is 0 Å². The monoisotopic (exact) mass is 956 g/mol. The van der Waals surface area contributed by atoms with E-state index in [1.54, 1.807) is 40.0 Å². The van der Waals surface area contributed by atoms with Crippen molar-refractivity contribution in [2.45, 2.75) is 168 Å². The van der Waals surface area contributed by atoms with E-state index >= 15 is 0 Å². The van der Waals surface area contributed by atoms with Crippen molar-refractivity contribution in [3.63, 3.8) is 0 Å². The molecule has 15 nitrogen and oxygen atoms in total. The van der Waals surface area contributed by atoms with Crippen molar-refractivity contribution in [3.05, 3.63) is 59.4 Å². The molecule has 382 valence electrons. The predicted molar refractivity (Wildman–Crippen MR) is 256 cm³/mol. The lowest BCUT2D eigenvalue weighted by molar-refractivity contribution is -0.223. The van der Waals surface area contributed by atoms with Crippen LogP contribution in [0.1, 0.15) is 119 Å². The number of nitrogens with zero attached hydrogens (tertiary/aromatic N) is 1. The summed E-state index contributed by atoms with van der Waals surface area (Å²) in [6, 6.07) is -1.16. The number of esters is 1. The molecule has 0 radical (unpaired) electrons. The number of aliphatic hydroxyl groups excluding tert-OH is 2. The van der Waals surface area contributed by atoms with Gasteiger partial charge in [0.05, 0.1) is 37.3 Å². The van der Waals surface area contributed by atoms with Gasteiger partial charge in [-0.3, -0.25) is 19.2 Å². The molecular formula is C53H81NO14. The first-order chi connectivity index (χ1) is 32.3. The third-order valence-corrected chi connectivity index (χ3v) is 14.5. The summed E-state index contributed by atoms with van der Waals surface area (Å²) in [6.07, 6.45) is 13.4. The third-order valence-electron chi connectivity index (χ3n) is 14.5. The summed E-state index contributed by atoms with van der Waals surface area (Å²) >= 11 is 0. The molecular weight excluding hydrogens is 875 g/mol. The largest absolute Gasteiger partial charge is 0.460 e. The summed E-state index contributed by atoms with van der Waals surface area (Å²) in [4.78, 5) is 72.0. The van der Waals surface area contributed by atoms with E-state index in [1.165, 1.54) is 19.1 Å². The van der Waals surface area contributed by atoms with E-state index in [-0.39, 0.29) is 74.1 Å². The Morgan fingerprint density at radius 1 is 0.868 bits per heavy atom. The number of aliphatic hydroxyl groups is 3. The van der Waals surface area contributed by atoms with Gasteiger partial charge in [0.2, 0.25) is 0 Å². The van der Waals surface area contributed by atoms with Crippen LogP contribution < -0.4 is 0 Å². The number of hydrogen-bond acceptors (Lipinski definition) is 14. The second-order valence-electron chi connectivity index (χ2n) is 19.8. The maximum Gasteiger partial charge on any atom is 0.329 e.